The first kappa shape index (κ1) is 46.2. The van der Waals surface area contributed by atoms with Gasteiger partial charge in [-0.25, -0.2) is 4.39 Å². The van der Waals surface area contributed by atoms with Crippen molar-refractivity contribution < 1.29 is 42.9 Å². The zero-order chi connectivity index (χ0) is 45.5. The summed E-state index contributed by atoms with van der Waals surface area (Å²) in [5.41, 5.74) is 4.77. The summed E-state index contributed by atoms with van der Waals surface area (Å²) in [5, 5.41) is 20.0. The molecule has 0 radical (unpaired) electrons. The minimum Gasteiger partial charge on any atom is -0.489 e. The maximum Gasteiger partial charge on any atom is 0.255 e. The molecule has 1 aliphatic carbocycles. The summed E-state index contributed by atoms with van der Waals surface area (Å²) in [6, 6.07) is 16.9. The third-order valence-corrected chi connectivity index (χ3v) is 13.8. The van der Waals surface area contributed by atoms with Gasteiger partial charge in [-0.3, -0.25) is 24.2 Å². The van der Waals surface area contributed by atoms with Gasteiger partial charge in [0.15, 0.2) is 0 Å². The van der Waals surface area contributed by atoms with Crippen LogP contribution in [0.2, 0.25) is 5.02 Å². The fourth-order valence-corrected chi connectivity index (χ4v) is 9.88. The molecule has 346 valence electrons. The van der Waals surface area contributed by atoms with Crippen molar-refractivity contribution in [2.45, 2.75) is 95.5 Å². The number of fused-ring (bicyclic) bond motifs is 2. The number of halogens is 2. The molecular weight excluding hydrogens is 855 g/mol. The van der Waals surface area contributed by atoms with Gasteiger partial charge in [-0.15, -0.1) is 0 Å². The lowest BCUT2D eigenvalue weighted by atomic mass is 9.73. The van der Waals surface area contributed by atoms with E-state index in [1.807, 2.05) is 30.0 Å². The molecule has 4 aromatic rings. The quantitative estimate of drug-likeness (QED) is 0.0807. The van der Waals surface area contributed by atoms with Gasteiger partial charge in [0, 0.05) is 85.1 Å². The number of aromatic nitrogens is 1. The van der Waals surface area contributed by atoms with Crippen molar-refractivity contribution in [3.63, 3.8) is 0 Å². The normalized spacial score (nSPS) is 21.8. The van der Waals surface area contributed by atoms with Crippen LogP contribution in [0.1, 0.15) is 92.1 Å². The van der Waals surface area contributed by atoms with Crippen LogP contribution in [0.25, 0.3) is 10.9 Å². The van der Waals surface area contributed by atoms with Crippen molar-refractivity contribution in [1.82, 2.24) is 20.1 Å². The fourth-order valence-electron chi connectivity index (χ4n) is 9.72. The summed E-state index contributed by atoms with van der Waals surface area (Å²) >= 11 is 6.54. The largest absolute Gasteiger partial charge is 0.489 e. The minimum absolute atomic E-state index is 0.0225. The highest BCUT2D eigenvalue weighted by molar-refractivity contribution is 6.32. The molecule has 3 fully saturated rings. The first-order valence-electron chi connectivity index (χ1n) is 22.9. The third-order valence-electron chi connectivity index (χ3n) is 13.4. The summed E-state index contributed by atoms with van der Waals surface area (Å²) in [6.07, 6.45) is 6.82. The van der Waals surface area contributed by atoms with E-state index in [4.69, 9.17) is 25.8 Å². The maximum atomic E-state index is 14.1. The molecule has 3 aromatic carbocycles. The van der Waals surface area contributed by atoms with E-state index in [2.05, 4.69) is 20.9 Å². The molecule has 65 heavy (non-hydrogen) atoms. The summed E-state index contributed by atoms with van der Waals surface area (Å²) in [7, 11) is 0. The van der Waals surface area contributed by atoms with E-state index in [1.54, 1.807) is 47.5 Å². The number of anilines is 2. The van der Waals surface area contributed by atoms with Crippen molar-refractivity contribution in [2.75, 3.05) is 56.7 Å². The lowest BCUT2D eigenvalue weighted by Gasteiger charge is -2.33. The molecule has 1 saturated carbocycles. The van der Waals surface area contributed by atoms with E-state index >= 15 is 0 Å². The van der Waals surface area contributed by atoms with Crippen molar-refractivity contribution in [3.05, 3.63) is 94.4 Å². The molecule has 2 saturated heterocycles. The molecule has 3 aliphatic heterocycles. The van der Waals surface area contributed by atoms with Crippen LogP contribution < -0.4 is 20.7 Å². The standard InChI is InChI=1S/C49H58ClFN6O8/c1-30(31-5-7-32(8-6-31)36-15-19-52-42-12-9-33(51)27-38(36)42)47(60)54-34-10-11-40(50)44(28-34)65-35-16-21-56(22-17-35)46(59)18-23-63-25-26-64-24-20-53-41-4-2-3-37-39(41)29-57(49(37)62)43-13-14-45(58)55-48(43)61/h2-4,9-12,15,19,27-28,30-32,35,43,45,53,58H,5-8,13-14,16-18,20-26,29H2,1H3,(H,54,60)(H,55,61)/t30-,31-,32+,43?,45?/m1/s1. The van der Waals surface area contributed by atoms with Gasteiger partial charge in [0.25, 0.3) is 5.91 Å². The van der Waals surface area contributed by atoms with Gasteiger partial charge in [-0.05, 0) is 104 Å². The van der Waals surface area contributed by atoms with E-state index in [0.717, 1.165) is 53.4 Å². The Morgan fingerprint density at radius 3 is 2.51 bits per heavy atom. The number of likely N-dealkylation sites (tertiary alicyclic amines) is 1. The average molecular weight is 913 g/mol. The monoisotopic (exact) mass is 912 g/mol. The minimum atomic E-state index is -0.876. The molecule has 0 spiro atoms. The lowest BCUT2D eigenvalue weighted by molar-refractivity contribution is -0.134. The molecule has 4 aliphatic rings. The second-order valence-corrected chi connectivity index (χ2v) is 18.0. The molecule has 0 bridgehead atoms. The predicted octanol–water partition coefficient (Wildman–Crippen LogP) is 7.03. The topological polar surface area (TPSA) is 172 Å². The second kappa shape index (κ2) is 21.3. The summed E-state index contributed by atoms with van der Waals surface area (Å²) in [4.78, 5) is 59.8. The number of hydrogen-bond donors (Lipinski definition) is 4. The van der Waals surface area contributed by atoms with E-state index < -0.39 is 12.3 Å². The van der Waals surface area contributed by atoms with Crippen LogP contribution in [0.3, 0.4) is 0 Å². The Morgan fingerprint density at radius 2 is 1.72 bits per heavy atom. The van der Waals surface area contributed by atoms with Gasteiger partial charge in [0.2, 0.25) is 17.7 Å². The van der Waals surface area contributed by atoms with Gasteiger partial charge in [-0.1, -0.05) is 24.6 Å². The number of pyridine rings is 1. The first-order valence-corrected chi connectivity index (χ1v) is 23.3. The zero-order valence-corrected chi connectivity index (χ0v) is 37.5. The highest BCUT2D eigenvalue weighted by Gasteiger charge is 2.40. The molecule has 1 aromatic heterocycles. The number of aliphatic hydroxyl groups excluding tert-OH is 1. The Bertz CT molecular complexity index is 2350. The molecule has 14 nitrogen and oxygen atoms in total. The Labute approximate surface area is 383 Å². The number of nitrogens with one attached hydrogen (secondary N) is 3. The maximum absolute atomic E-state index is 14.1. The lowest BCUT2D eigenvalue weighted by Crippen LogP contribution is -2.54. The Kier molecular flexibility index (Phi) is 15.1. The number of aliphatic hydroxyl groups is 1. The van der Waals surface area contributed by atoms with Crippen LogP contribution >= 0.6 is 11.6 Å². The number of amides is 4. The van der Waals surface area contributed by atoms with Crippen molar-refractivity contribution >= 4 is 57.5 Å². The zero-order valence-electron chi connectivity index (χ0n) is 36.7. The Hall–Kier alpha value is -5.35. The number of ether oxygens (including phenoxy) is 3. The average Bonchev–Trinajstić information content (AvgIpc) is 3.65. The number of hydrogen-bond acceptors (Lipinski definition) is 10. The Balaban J connectivity index is 0.692. The van der Waals surface area contributed by atoms with Crippen LogP contribution in [0.5, 0.6) is 5.75 Å². The first-order chi connectivity index (χ1) is 31.5. The second-order valence-electron chi connectivity index (χ2n) is 17.6. The van der Waals surface area contributed by atoms with Crippen molar-refractivity contribution in [2.24, 2.45) is 11.8 Å². The molecule has 16 heteroatoms. The molecule has 3 atom stereocenters. The summed E-state index contributed by atoms with van der Waals surface area (Å²) < 4.78 is 31.8. The van der Waals surface area contributed by atoms with Crippen molar-refractivity contribution in [3.8, 4) is 5.75 Å². The molecule has 4 heterocycles. The van der Waals surface area contributed by atoms with E-state index in [1.165, 1.54) is 6.07 Å². The predicted molar refractivity (Wildman–Crippen MR) is 244 cm³/mol. The molecule has 2 unspecified atom stereocenters. The summed E-state index contributed by atoms with van der Waals surface area (Å²) in [5.74, 6) is 0.0181. The van der Waals surface area contributed by atoms with E-state index in [9.17, 15) is 28.7 Å². The number of carbonyl (C=O) groups is 4. The van der Waals surface area contributed by atoms with Crippen LogP contribution in [0.4, 0.5) is 15.8 Å². The van der Waals surface area contributed by atoms with Crippen molar-refractivity contribution in [1.29, 1.82) is 0 Å². The van der Waals surface area contributed by atoms with Crippen LogP contribution in [0, 0.1) is 17.7 Å². The Morgan fingerprint density at radius 1 is 0.938 bits per heavy atom. The van der Waals surface area contributed by atoms with E-state index in [0.29, 0.717) is 99.6 Å². The smallest absolute Gasteiger partial charge is 0.255 e. The van der Waals surface area contributed by atoms with Gasteiger partial charge >= 0.3 is 0 Å². The van der Waals surface area contributed by atoms with Crippen LogP contribution in [-0.2, 0) is 30.4 Å². The van der Waals surface area contributed by atoms with Gasteiger partial charge in [-0.2, -0.15) is 0 Å². The highest BCUT2D eigenvalue weighted by atomic mass is 35.5. The van der Waals surface area contributed by atoms with Gasteiger partial charge in [0.05, 0.1) is 43.4 Å². The van der Waals surface area contributed by atoms with Crippen LogP contribution in [-0.4, -0.2) is 108 Å². The number of carbonyl (C=O) groups excluding carboxylic acids is 4. The third kappa shape index (κ3) is 11.2. The molecular formula is C49H58ClFN6O8. The molecule has 4 N–H and O–H groups in total. The van der Waals surface area contributed by atoms with E-state index in [-0.39, 0.29) is 60.4 Å². The SMILES string of the molecule is C[C@@H](C(=O)Nc1ccc(Cl)c(OC2CCN(C(=O)CCOCCOCCNc3cccc4c3CN(C3CCC(O)NC3=O)C4=O)CC2)c1)[C@H]1CC[C@@H](c2ccnc3ccc(F)cc32)CC1. The number of rotatable bonds is 17. The number of benzene rings is 3. The summed E-state index contributed by atoms with van der Waals surface area (Å²) in [6.45, 7) is 5.32. The number of piperidine rings is 2. The van der Waals surface area contributed by atoms with Gasteiger partial charge < -0.3 is 45.1 Å². The van der Waals surface area contributed by atoms with Gasteiger partial charge in [0.1, 0.15) is 29.9 Å². The molecule has 4 amide bonds. The fraction of sp³-hybridized carbons (Fsp3) is 0.490. The molecule has 8 rings (SSSR count). The van der Waals surface area contributed by atoms with Crippen LogP contribution in [0.15, 0.2) is 66.9 Å². The number of nitrogens with zero attached hydrogens (tertiary/aromatic N) is 3. The highest BCUT2D eigenvalue weighted by Crippen LogP contribution is 2.41.